The van der Waals surface area contributed by atoms with Crippen molar-refractivity contribution < 1.29 is 9.57 Å². The van der Waals surface area contributed by atoms with Crippen molar-refractivity contribution in [1.82, 2.24) is 10.5 Å². The lowest BCUT2D eigenvalue weighted by atomic mass is 10.1. The Kier molecular flexibility index (Phi) is 4.64. The molecule has 18 heavy (non-hydrogen) atoms. The summed E-state index contributed by atoms with van der Waals surface area (Å²) in [6.07, 6.45) is 0. The summed E-state index contributed by atoms with van der Waals surface area (Å²) in [5.74, 6) is 0. The summed E-state index contributed by atoms with van der Waals surface area (Å²) in [5.41, 5.74) is 6.15. The van der Waals surface area contributed by atoms with E-state index in [0.29, 0.717) is 19.8 Å². The number of aryl methyl sites for hydroxylation is 1. The standard InChI is InChI=1S/C14H18N2O2/c1-11-3-5-13-9-12(4-6-14(13)16-11)10-15-18-8-7-17-2/h3-6,9,15H,7-8,10H2,1-2H3. The largest absolute Gasteiger partial charge is 0.382 e. The van der Waals surface area contributed by atoms with Crippen LogP contribution in [0.3, 0.4) is 0 Å². The number of hydrogen-bond acceptors (Lipinski definition) is 4. The third-order valence-corrected chi connectivity index (χ3v) is 2.66. The van der Waals surface area contributed by atoms with E-state index in [9.17, 15) is 0 Å². The van der Waals surface area contributed by atoms with E-state index in [2.05, 4.69) is 28.7 Å². The molecule has 0 saturated carbocycles. The van der Waals surface area contributed by atoms with Crippen LogP contribution in [0.25, 0.3) is 10.9 Å². The Labute approximate surface area is 107 Å². The molecule has 4 nitrogen and oxygen atoms in total. The lowest BCUT2D eigenvalue weighted by molar-refractivity contribution is 0.00348. The van der Waals surface area contributed by atoms with Crippen molar-refractivity contribution in [2.45, 2.75) is 13.5 Å². The lowest BCUT2D eigenvalue weighted by Crippen LogP contribution is -2.17. The van der Waals surface area contributed by atoms with Gasteiger partial charge in [0, 0.05) is 24.7 Å². The van der Waals surface area contributed by atoms with Crippen LogP contribution in [0.15, 0.2) is 30.3 Å². The molecule has 0 bridgehead atoms. The van der Waals surface area contributed by atoms with Crippen molar-refractivity contribution >= 4 is 10.9 Å². The van der Waals surface area contributed by atoms with Gasteiger partial charge in [0.25, 0.3) is 0 Å². The molecule has 0 atom stereocenters. The van der Waals surface area contributed by atoms with E-state index in [-0.39, 0.29) is 0 Å². The minimum atomic E-state index is 0.546. The van der Waals surface area contributed by atoms with Crippen LogP contribution in [-0.2, 0) is 16.1 Å². The van der Waals surface area contributed by atoms with Crippen LogP contribution in [0.5, 0.6) is 0 Å². The summed E-state index contributed by atoms with van der Waals surface area (Å²) in [5, 5.41) is 1.15. The van der Waals surface area contributed by atoms with E-state index in [1.807, 2.05) is 19.1 Å². The van der Waals surface area contributed by atoms with Gasteiger partial charge in [-0.3, -0.25) is 9.82 Å². The Bertz CT molecular complexity index is 514. The van der Waals surface area contributed by atoms with Crippen LogP contribution in [0.2, 0.25) is 0 Å². The Morgan fingerprint density at radius 3 is 2.89 bits per heavy atom. The second kappa shape index (κ2) is 6.44. The van der Waals surface area contributed by atoms with Crippen molar-refractivity contribution in [2.24, 2.45) is 0 Å². The zero-order valence-electron chi connectivity index (χ0n) is 10.8. The quantitative estimate of drug-likeness (QED) is 0.627. The van der Waals surface area contributed by atoms with Crippen LogP contribution in [0.4, 0.5) is 0 Å². The van der Waals surface area contributed by atoms with Gasteiger partial charge in [0.15, 0.2) is 0 Å². The van der Waals surface area contributed by atoms with E-state index in [0.717, 1.165) is 16.6 Å². The molecule has 0 spiro atoms. The first-order valence-electron chi connectivity index (χ1n) is 5.99. The van der Waals surface area contributed by atoms with Gasteiger partial charge in [0.05, 0.1) is 18.7 Å². The van der Waals surface area contributed by atoms with E-state index in [1.54, 1.807) is 7.11 Å². The van der Waals surface area contributed by atoms with E-state index in [4.69, 9.17) is 9.57 Å². The molecule has 4 heteroatoms. The van der Waals surface area contributed by atoms with Crippen LogP contribution in [0.1, 0.15) is 11.3 Å². The highest BCUT2D eigenvalue weighted by Gasteiger charge is 1.98. The third-order valence-electron chi connectivity index (χ3n) is 2.66. The number of nitrogens with one attached hydrogen (secondary N) is 1. The zero-order valence-corrected chi connectivity index (χ0v) is 10.8. The van der Waals surface area contributed by atoms with Crippen molar-refractivity contribution in [1.29, 1.82) is 0 Å². The van der Waals surface area contributed by atoms with Crippen molar-refractivity contribution in [3.05, 3.63) is 41.6 Å². The monoisotopic (exact) mass is 246 g/mol. The molecule has 0 saturated heterocycles. The molecule has 1 aromatic heterocycles. The van der Waals surface area contributed by atoms with Gasteiger partial charge in [-0.2, -0.15) is 5.48 Å². The Balaban J connectivity index is 1.95. The Hall–Kier alpha value is -1.49. The van der Waals surface area contributed by atoms with Gasteiger partial charge >= 0.3 is 0 Å². The second-order valence-electron chi connectivity index (χ2n) is 4.14. The van der Waals surface area contributed by atoms with Gasteiger partial charge in [0.2, 0.25) is 0 Å². The maximum Gasteiger partial charge on any atom is 0.0916 e. The first-order chi connectivity index (χ1) is 8.79. The van der Waals surface area contributed by atoms with E-state index in [1.165, 1.54) is 5.56 Å². The second-order valence-corrected chi connectivity index (χ2v) is 4.14. The minimum absolute atomic E-state index is 0.546. The van der Waals surface area contributed by atoms with Gasteiger partial charge in [-0.1, -0.05) is 12.1 Å². The molecule has 1 heterocycles. The predicted octanol–water partition coefficient (Wildman–Crippen LogP) is 2.21. The summed E-state index contributed by atoms with van der Waals surface area (Å²) >= 11 is 0. The third kappa shape index (κ3) is 3.50. The van der Waals surface area contributed by atoms with E-state index < -0.39 is 0 Å². The van der Waals surface area contributed by atoms with Crippen LogP contribution >= 0.6 is 0 Å². The summed E-state index contributed by atoms with van der Waals surface area (Å²) in [6.45, 7) is 3.81. The van der Waals surface area contributed by atoms with Gasteiger partial charge in [0.1, 0.15) is 0 Å². The van der Waals surface area contributed by atoms with Crippen LogP contribution in [-0.4, -0.2) is 25.3 Å². The summed E-state index contributed by atoms with van der Waals surface area (Å²) < 4.78 is 4.89. The lowest BCUT2D eigenvalue weighted by Gasteiger charge is -2.06. The fourth-order valence-corrected chi connectivity index (χ4v) is 1.72. The highest BCUT2D eigenvalue weighted by Crippen LogP contribution is 2.14. The molecule has 0 amide bonds. The number of rotatable bonds is 6. The predicted molar refractivity (Wildman–Crippen MR) is 71.1 cm³/mol. The number of pyridine rings is 1. The number of aromatic nitrogens is 1. The highest BCUT2D eigenvalue weighted by molar-refractivity contribution is 5.79. The van der Waals surface area contributed by atoms with Crippen molar-refractivity contribution in [3.63, 3.8) is 0 Å². The molecule has 0 aliphatic carbocycles. The van der Waals surface area contributed by atoms with E-state index >= 15 is 0 Å². The molecule has 2 rings (SSSR count). The molecule has 2 aromatic rings. The molecule has 0 aliphatic rings. The maximum absolute atomic E-state index is 5.22. The number of hydrogen-bond donors (Lipinski definition) is 1. The zero-order chi connectivity index (χ0) is 12.8. The molecule has 0 aliphatic heterocycles. The summed E-state index contributed by atoms with van der Waals surface area (Å²) in [6, 6.07) is 10.3. The number of methoxy groups -OCH3 is 1. The van der Waals surface area contributed by atoms with Crippen molar-refractivity contribution in [2.75, 3.05) is 20.3 Å². The average molecular weight is 246 g/mol. The molecule has 1 aromatic carbocycles. The molecule has 0 fully saturated rings. The molecule has 0 radical (unpaired) electrons. The number of ether oxygens (including phenoxy) is 1. The topological polar surface area (TPSA) is 43.4 Å². The molecule has 0 unspecified atom stereocenters. The smallest absolute Gasteiger partial charge is 0.0916 e. The van der Waals surface area contributed by atoms with Crippen molar-refractivity contribution in [3.8, 4) is 0 Å². The first kappa shape index (κ1) is 13.0. The highest BCUT2D eigenvalue weighted by atomic mass is 16.7. The van der Waals surface area contributed by atoms with Gasteiger partial charge in [-0.05, 0) is 30.7 Å². The molecule has 1 N–H and O–H groups in total. The Morgan fingerprint density at radius 1 is 1.17 bits per heavy atom. The Morgan fingerprint density at radius 2 is 2.06 bits per heavy atom. The summed E-state index contributed by atoms with van der Waals surface area (Å²) in [4.78, 5) is 9.69. The number of nitrogens with zero attached hydrogens (tertiary/aromatic N) is 1. The molecular formula is C14H18N2O2. The fraction of sp³-hybridized carbons (Fsp3) is 0.357. The first-order valence-corrected chi connectivity index (χ1v) is 5.99. The van der Waals surface area contributed by atoms with Crippen LogP contribution in [0, 0.1) is 6.92 Å². The van der Waals surface area contributed by atoms with Gasteiger partial charge in [-0.15, -0.1) is 0 Å². The minimum Gasteiger partial charge on any atom is -0.382 e. The number of fused-ring (bicyclic) bond motifs is 1. The molecule has 96 valence electrons. The fourth-order valence-electron chi connectivity index (χ4n) is 1.72. The van der Waals surface area contributed by atoms with Crippen LogP contribution < -0.4 is 5.48 Å². The average Bonchev–Trinajstić information content (AvgIpc) is 2.38. The number of benzene rings is 1. The summed E-state index contributed by atoms with van der Waals surface area (Å²) in [7, 11) is 1.65. The molecular weight excluding hydrogens is 228 g/mol. The SMILES string of the molecule is COCCONCc1ccc2nc(C)ccc2c1. The normalized spacial score (nSPS) is 11.0. The number of hydroxylamine groups is 1. The maximum atomic E-state index is 5.22. The van der Waals surface area contributed by atoms with Gasteiger partial charge < -0.3 is 4.74 Å². The van der Waals surface area contributed by atoms with Gasteiger partial charge in [-0.25, -0.2) is 0 Å².